The minimum absolute atomic E-state index is 0. The average Bonchev–Trinajstić information content (AvgIpc) is 2.77. The number of aromatic hydroxyl groups is 1. The molecule has 0 saturated heterocycles. The number of pyridine rings is 2. The second kappa shape index (κ2) is 12.2. The van der Waals surface area contributed by atoms with Gasteiger partial charge in [-0.15, -0.1) is 24.8 Å². The second-order valence-electron chi connectivity index (χ2n) is 9.08. The lowest BCUT2D eigenvalue weighted by Gasteiger charge is -2.31. The first kappa shape index (κ1) is 29.0. The molecule has 190 valence electrons. The summed E-state index contributed by atoms with van der Waals surface area (Å²) in [4.78, 5) is 23.8. The number of carbonyl (C=O) groups is 1. The molecule has 0 unspecified atom stereocenters. The number of hydrogen-bond donors (Lipinski definition) is 2. The highest BCUT2D eigenvalue weighted by Gasteiger charge is 2.24. The zero-order valence-corrected chi connectivity index (χ0v) is 22.2. The van der Waals surface area contributed by atoms with Crippen molar-refractivity contribution < 1.29 is 14.3 Å². The number of nitrogens with zero attached hydrogens (tertiary/aromatic N) is 3. The van der Waals surface area contributed by atoms with E-state index in [1.807, 2.05) is 0 Å². The quantitative estimate of drug-likeness (QED) is 0.352. The van der Waals surface area contributed by atoms with Crippen molar-refractivity contribution >= 4 is 58.9 Å². The predicted molar refractivity (Wildman–Crippen MR) is 144 cm³/mol. The normalized spacial score (nSPS) is 17.5. The van der Waals surface area contributed by atoms with E-state index in [1.54, 1.807) is 18.3 Å². The number of fused-ring (bicyclic) bond motifs is 1. The maximum atomic E-state index is 14.1. The average molecular weight is 544 g/mol. The van der Waals surface area contributed by atoms with Gasteiger partial charge >= 0.3 is 0 Å². The number of carbonyl (C=O) groups excluding carboxylic acids is 1. The highest BCUT2D eigenvalue weighted by atomic mass is 35.5. The Morgan fingerprint density at radius 1 is 1.20 bits per heavy atom. The molecule has 3 aromatic rings. The Morgan fingerprint density at radius 3 is 2.49 bits per heavy atom. The molecule has 1 fully saturated rings. The molecule has 2 heterocycles. The van der Waals surface area contributed by atoms with E-state index in [0.29, 0.717) is 39.5 Å². The van der Waals surface area contributed by atoms with Gasteiger partial charge in [-0.3, -0.25) is 9.78 Å². The van der Waals surface area contributed by atoms with Crippen LogP contribution in [0.15, 0.2) is 30.5 Å². The van der Waals surface area contributed by atoms with Crippen LogP contribution < -0.4 is 5.32 Å². The van der Waals surface area contributed by atoms with Crippen LogP contribution in [0, 0.1) is 11.7 Å². The van der Waals surface area contributed by atoms with Crippen molar-refractivity contribution in [2.24, 2.45) is 5.92 Å². The number of hydrogen-bond acceptors (Lipinski definition) is 6. The molecule has 6 nitrogen and oxygen atoms in total. The smallest absolute Gasteiger partial charge is 0.170 e. The third kappa shape index (κ3) is 6.53. The van der Waals surface area contributed by atoms with E-state index < -0.39 is 11.6 Å². The number of aromatic nitrogens is 2. The van der Waals surface area contributed by atoms with Gasteiger partial charge in [0.15, 0.2) is 17.3 Å². The lowest BCUT2D eigenvalue weighted by molar-refractivity contribution is 0.101. The third-order valence-electron chi connectivity index (χ3n) is 6.22. The summed E-state index contributed by atoms with van der Waals surface area (Å²) in [5.74, 6) is -0.825. The number of halogens is 4. The number of rotatable bonds is 6. The van der Waals surface area contributed by atoms with Crippen molar-refractivity contribution in [2.75, 3.05) is 26.0 Å². The Hall–Kier alpha value is -2.19. The van der Waals surface area contributed by atoms with Crippen molar-refractivity contribution in [3.8, 4) is 17.0 Å². The summed E-state index contributed by atoms with van der Waals surface area (Å²) >= 11 is 5.97. The molecule has 0 atom stereocenters. The van der Waals surface area contributed by atoms with Crippen molar-refractivity contribution in [3.05, 3.63) is 46.9 Å². The maximum absolute atomic E-state index is 14.1. The summed E-state index contributed by atoms with van der Waals surface area (Å²) in [6, 6.07) is 6.41. The monoisotopic (exact) mass is 542 g/mol. The molecule has 0 radical (unpaired) electrons. The molecule has 0 amide bonds. The van der Waals surface area contributed by atoms with E-state index in [4.69, 9.17) is 16.6 Å². The number of anilines is 1. The molecule has 2 N–H and O–H groups in total. The van der Waals surface area contributed by atoms with Gasteiger partial charge in [0, 0.05) is 24.3 Å². The lowest BCUT2D eigenvalue weighted by Crippen LogP contribution is -2.31. The van der Waals surface area contributed by atoms with Gasteiger partial charge < -0.3 is 15.3 Å². The minimum atomic E-state index is -0.817. The topological polar surface area (TPSA) is 78.3 Å². The SMILES string of the molecule is CC(=O)c1cnc2ccc(-c3cc(F)c(O)c(Cl)c3)nc2c1N[C@H]1CC[C@@H](CN(C)C)CC1.Cl.Cl. The zero-order valence-electron chi connectivity index (χ0n) is 19.8. The first-order valence-electron chi connectivity index (χ1n) is 11.1. The molecule has 0 spiro atoms. The van der Waals surface area contributed by atoms with Gasteiger partial charge in [0.25, 0.3) is 0 Å². The predicted octanol–water partition coefficient (Wildman–Crippen LogP) is 6.37. The molecule has 1 aromatic carbocycles. The summed E-state index contributed by atoms with van der Waals surface area (Å²) in [5, 5.41) is 13.1. The Bertz CT molecular complexity index is 1180. The van der Waals surface area contributed by atoms with E-state index in [9.17, 15) is 14.3 Å². The maximum Gasteiger partial charge on any atom is 0.170 e. The van der Waals surface area contributed by atoms with Gasteiger partial charge in [0.1, 0.15) is 5.52 Å². The van der Waals surface area contributed by atoms with Crippen molar-refractivity contribution in [2.45, 2.75) is 38.6 Å². The van der Waals surface area contributed by atoms with E-state index in [0.717, 1.165) is 32.2 Å². The van der Waals surface area contributed by atoms with Gasteiger partial charge in [0.05, 0.1) is 27.5 Å². The highest BCUT2D eigenvalue weighted by Crippen LogP contribution is 2.35. The van der Waals surface area contributed by atoms with Crippen molar-refractivity contribution in [3.63, 3.8) is 0 Å². The number of Topliss-reactive ketones (excluding diaryl/α,β-unsaturated/α-hetero) is 1. The Balaban J connectivity index is 0.00000216. The summed E-state index contributed by atoms with van der Waals surface area (Å²) in [5.41, 5.74) is 3.25. The Labute approximate surface area is 222 Å². The molecule has 10 heteroatoms. The van der Waals surface area contributed by atoms with E-state index in [-0.39, 0.29) is 41.7 Å². The molecule has 4 rings (SSSR count). The molecular weight excluding hydrogens is 514 g/mol. The Kier molecular flexibility index (Phi) is 10.1. The fraction of sp³-hybridized carbons (Fsp3) is 0.400. The van der Waals surface area contributed by atoms with Gasteiger partial charge in [-0.1, -0.05) is 11.6 Å². The van der Waals surface area contributed by atoms with Gasteiger partial charge in [-0.25, -0.2) is 9.37 Å². The highest BCUT2D eigenvalue weighted by molar-refractivity contribution is 6.32. The Morgan fingerprint density at radius 2 is 1.89 bits per heavy atom. The minimum Gasteiger partial charge on any atom is -0.504 e. The molecule has 1 aliphatic carbocycles. The molecule has 2 aromatic heterocycles. The number of benzene rings is 1. The molecule has 1 saturated carbocycles. The number of nitrogens with one attached hydrogen (secondary N) is 1. The number of phenolic OH excluding ortho intramolecular Hbond substituents is 1. The third-order valence-corrected chi connectivity index (χ3v) is 6.51. The van der Waals surface area contributed by atoms with Gasteiger partial charge in [-0.2, -0.15) is 0 Å². The lowest BCUT2D eigenvalue weighted by atomic mass is 9.85. The van der Waals surface area contributed by atoms with E-state index >= 15 is 0 Å². The summed E-state index contributed by atoms with van der Waals surface area (Å²) in [6.45, 7) is 2.60. The zero-order chi connectivity index (χ0) is 23.7. The molecule has 0 aliphatic heterocycles. The largest absolute Gasteiger partial charge is 0.504 e. The van der Waals surface area contributed by atoms with Crippen molar-refractivity contribution in [1.82, 2.24) is 14.9 Å². The van der Waals surface area contributed by atoms with Gasteiger partial charge in [0.2, 0.25) is 0 Å². The van der Waals surface area contributed by atoms with Crippen LogP contribution in [0.4, 0.5) is 10.1 Å². The van der Waals surface area contributed by atoms with Crippen LogP contribution >= 0.6 is 36.4 Å². The molecule has 0 bridgehead atoms. The van der Waals surface area contributed by atoms with Crippen LogP contribution in [0.25, 0.3) is 22.3 Å². The van der Waals surface area contributed by atoms with Crippen LogP contribution in [-0.4, -0.2) is 52.4 Å². The summed E-state index contributed by atoms with van der Waals surface area (Å²) < 4.78 is 14.1. The summed E-state index contributed by atoms with van der Waals surface area (Å²) in [7, 11) is 4.20. The first-order chi connectivity index (χ1) is 15.7. The second-order valence-corrected chi connectivity index (χ2v) is 9.49. The van der Waals surface area contributed by atoms with Crippen LogP contribution in [0.2, 0.25) is 5.02 Å². The fourth-order valence-corrected chi connectivity index (χ4v) is 4.77. The standard InChI is InChI=1S/C25H28ClFN4O2.2ClH/c1-14(32)18-12-28-22-9-8-21(16-10-19(26)25(33)20(27)11-16)30-24(22)23(18)29-17-6-4-15(5-7-17)13-31(2)3;;/h8-12,15,17,33H,4-7,13H2,1-3H3,(H,28,29);2*1H/t15-,17+;;. The van der Waals surface area contributed by atoms with Crippen LogP contribution in [-0.2, 0) is 0 Å². The van der Waals surface area contributed by atoms with Crippen LogP contribution in [0.3, 0.4) is 0 Å². The molecule has 1 aliphatic rings. The number of phenols is 1. The van der Waals surface area contributed by atoms with Gasteiger partial charge in [-0.05, 0) is 76.9 Å². The number of ketones is 1. The summed E-state index contributed by atoms with van der Waals surface area (Å²) in [6.07, 6.45) is 5.86. The van der Waals surface area contributed by atoms with Crippen molar-refractivity contribution in [1.29, 1.82) is 0 Å². The molecule has 35 heavy (non-hydrogen) atoms. The molecular formula is C25H30Cl3FN4O2. The van der Waals surface area contributed by atoms with Crippen LogP contribution in [0.5, 0.6) is 5.75 Å². The fourth-order valence-electron chi connectivity index (χ4n) is 4.56. The van der Waals surface area contributed by atoms with Crippen LogP contribution in [0.1, 0.15) is 43.0 Å². The first-order valence-corrected chi connectivity index (χ1v) is 11.5. The van der Waals surface area contributed by atoms with E-state index in [1.165, 1.54) is 19.1 Å². The van der Waals surface area contributed by atoms with E-state index in [2.05, 4.69) is 29.3 Å².